The molecule has 0 aromatic carbocycles. The third kappa shape index (κ3) is 3.41. The first-order chi connectivity index (χ1) is 9.08. The van der Waals surface area contributed by atoms with E-state index < -0.39 is 5.97 Å². The summed E-state index contributed by atoms with van der Waals surface area (Å²) < 4.78 is 0. The molecule has 0 saturated heterocycles. The lowest BCUT2D eigenvalue weighted by Gasteiger charge is -2.02. The average Bonchev–Trinajstić information content (AvgIpc) is 2.38. The molecule has 0 bridgehead atoms. The minimum Gasteiger partial charge on any atom is -0.478 e. The standard InChI is InChI=1S/C12H11N3O3S/c1-2-8-14-9(16)5-11(15-8)19-10-4-3-7(6-13-10)12(17)18/h3-6H,2H2,1H3,(H,17,18)(H,14,15,16). The van der Waals surface area contributed by atoms with Crippen molar-refractivity contribution in [3.05, 3.63) is 46.1 Å². The third-order valence-electron chi connectivity index (χ3n) is 2.29. The lowest BCUT2D eigenvalue weighted by molar-refractivity contribution is 0.0696. The van der Waals surface area contributed by atoms with Gasteiger partial charge in [0.1, 0.15) is 15.9 Å². The van der Waals surface area contributed by atoms with Crippen LogP contribution in [0.5, 0.6) is 0 Å². The first-order valence-electron chi connectivity index (χ1n) is 5.56. The molecule has 0 unspecified atom stereocenters. The summed E-state index contributed by atoms with van der Waals surface area (Å²) in [6.45, 7) is 1.90. The molecule has 0 saturated carbocycles. The maximum Gasteiger partial charge on any atom is 0.337 e. The molecule has 0 aliphatic heterocycles. The predicted octanol–water partition coefficient (Wildman–Crippen LogP) is 1.58. The minimum atomic E-state index is -1.02. The van der Waals surface area contributed by atoms with Gasteiger partial charge in [0.25, 0.3) is 5.56 Å². The van der Waals surface area contributed by atoms with Crippen LogP contribution in [0.1, 0.15) is 23.1 Å². The first-order valence-corrected chi connectivity index (χ1v) is 6.37. The molecule has 2 aromatic heterocycles. The van der Waals surface area contributed by atoms with Crippen LogP contribution in [-0.2, 0) is 6.42 Å². The SMILES string of the molecule is CCc1nc(Sc2ccc(C(=O)O)cn2)cc(=O)[nH]1. The quantitative estimate of drug-likeness (QED) is 0.824. The summed E-state index contributed by atoms with van der Waals surface area (Å²) in [5, 5.41) is 9.89. The fraction of sp³-hybridized carbons (Fsp3) is 0.167. The topological polar surface area (TPSA) is 95.9 Å². The number of nitrogens with zero attached hydrogens (tertiary/aromatic N) is 2. The highest BCUT2D eigenvalue weighted by Gasteiger charge is 2.06. The molecule has 0 aliphatic rings. The van der Waals surface area contributed by atoms with E-state index >= 15 is 0 Å². The van der Waals surface area contributed by atoms with Crippen LogP contribution in [0, 0.1) is 0 Å². The number of aromatic carboxylic acids is 1. The number of carboxylic acids is 1. The van der Waals surface area contributed by atoms with Gasteiger partial charge >= 0.3 is 5.97 Å². The number of rotatable bonds is 4. The van der Waals surface area contributed by atoms with Gasteiger partial charge in [-0.2, -0.15) is 0 Å². The fourth-order valence-electron chi connectivity index (χ4n) is 1.38. The van der Waals surface area contributed by atoms with Crippen LogP contribution in [0.25, 0.3) is 0 Å². The predicted molar refractivity (Wildman–Crippen MR) is 69.6 cm³/mol. The van der Waals surface area contributed by atoms with E-state index in [9.17, 15) is 9.59 Å². The van der Waals surface area contributed by atoms with Gasteiger partial charge in [-0.15, -0.1) is 0 Å². The van der Waals surface area contributed by atoms with E-state index in [2.05, 4.69) is 15.0 Å². The van der Waals surface area contributed by atoms with Crippen molar-refractivity contribution in [1.82, 2.24) is 15.0 Å². The summed E-state index contributed by atoms with van der Waals surface area (Å²) in [4.78, 5) is 33.0. The molecule has 2 aromatic rings. The van der Waals surface area contributed by atoms with Gasteiger partial charge in [-0.05, 0) is 23.9 Å². The minimum absolute atomic E-state index is 0.123. The molecule has 6 nitrogen and oxygen atoms in total. The van der Waals surface area contributed by atoms with Gasteiger partial charge in [0.15, 0.2) is 0 Å². The molecule has 2 rings (SSSR count). The Hall–Kier alpha value is -2.15. The van der Waals surface area contributed by atoms with E-state index in [4.69, 9.17) is 5.11 Å². The first kappa shape index (κ1) is 13.3. The molecule has 0 atom stereocenters. The third-order valence-corrected chi connectivity index (χ3v) is 3.16. The summed E-state index contributed by atoms with van der Waals surface area (Å²) in [5.74, 6) is -0.413. The van der Waals surface area contributed by atoms with Crippen molar-refractivity contribution >= 4 is 17.7 Å². The van der Waals surface area contributed by atoms with Gasteiger partial charge < -0.3 is 10.1 Å². The summed E-state index contributed by atoms with van der Waals surface area (Å²) in [7, 11) is 0. The Balaban J connectivity index is 2.23. The van der Waals surface area contributed by atoms with Crippen molar-refractivity contribution in [1.29, 1.82) is 0 Å². The molecule has 0 fully saturated rings. The molecule has 0 radical (unpaired) electrons. The van der Waals surface area contributed by atoms with E-state index in [0.717, 1.165) is 0 Å². The van der Waals surface area contributed by atoms with E-state index in [0.29, 0.717) is 22.3 Å². The highest BCUT2D eigenvalue weighted by molar-refractivity contribution is 7.99. The molecule has 7 heteroatoms. The number of aromatic amines is 1. The van der Waals surface area contributed by atoms with Gasteiger partial charge in [-0.3, -0.25) is 4.79 Å². The second kappa shape index (κ2) is 5.66. The molecular weight excluding hydrogens is 266 g/mol. The summed E-state index contributed by atoms with van der Waals surface area (Å²) in [6.07, 6.45) is 1.91. The van der Waals surface area contributed by atoms with Gasteiger partial charge in [0.05, 0.1) is 5.56 Å². The van der Waals surface area contributed by atoms with Crippen LogP contribution in [0.2, 0.25) is 0 Å². The van der Waals surface area contributed by atoms with Crippen LogP contribution in [0.15, 0.2) is 39.2 Å². The average molecular weight is 277 g/mol. The normalized spacial score (nSPS) is 10.4. The number of carbonyl (C=O) groups is 1. The lowest BCUT2D eigenvalue weighted by Crippen LogP contribution is -2.10. The zero-order valence-corrected chi connectivity index (χ0v) is 10.9. The second-order valence-electron chi connectivity index (χ2n) is 3.68. The molecule has 98 valence electrons. The van der Waals surface area contributed by atoms with Crippen molar-refractivity contribution in [2.75, 3.05) is 0 Å². The molecule has 0 amide bonds. The van der Waals surface area contributed by atoms with Crippen molar-refractivity contribution in [2.24, 2.45) is 0 Å². The van der Waals surface area contributed by atoms with Crippen LogP contribution >= 0.6 is 11.8 Å². The van der Waals surface area contributed by atoms with Crippen molar-refractivity contribution in [3.63, 3.8) is 0 Å². The number of aryl methyl sites for hydroxylation is 1. The Labute approximate surface area is 112 Å². The molecule has 0 aliphatic carbocycles. The molecular formula is C12H11N3O3S. The smallest absolute Gasteiger partial charge is 0.337 e. The zero-order chi connectivity index (χ0) is 13.8. The maximum atomic E-state index is 11.4. The number of aromatic nitrogens is 3. The molecule has 2 N–H and O–H groups in total. The highest BCUT2D eigenvalue weighted by atomic mass is 32.2. The van der Waals surface area contributed by atoms with Crippen molar-refractivity contribution in [3.8, 4) is 0 Å². The van der Waals surface area contributed by atoms with Crippen LogP contribution in [-0.4, -0.2) is 26.0 Å². The number of hydrogen-bond donors (Lipinski definition) is 2. The van der Waals surface area contributed by atoms with Gasteiger partial charge in [-0.1, -0.05) is 6.92 Å². The molecule has 0 spiro atoms. The zero-order valence-electron chi connectivity index (χ0n) is 10.1. The number of H-pyrrole nitrogens is 1. The Morgan fingerprint density at radius 2 is 2.21 bits per heavy atom. The van der Waals surface area contributed by atoms with Crippen LogP contribution in [0.3, 0.4) is 0 Å². The molecule has 2 heterocycles. The Morgan fingerprint density at radius 1 is 1.42 bits per heavy atom. The van der Waals surface area contributed by atoms with Crippen LogP contribution in [0.4, 0.5) is 0 Å². The summed E-state index contributed by atoms with van der Waals surface area (Å²) in [5.41, 5.74) is -0.0889. The lowest BCUT2D eigenvalue weighted by atomic mass is 10.3. The monoisotopic (exact) mass is 277 g/mol. The van der Waals surface area contributed by atoms with E-state index in [-0.39, 0.29) is 11.1 Å². The Morgan fingerprint density at radius 3 is 2.79 bits per heavy atom. The van der Waals surface area contributed by atoms with E-state index in [1.165, 1.54) is 30.1 Å². The van der Waals surface area contributed by atoms with Crippen molar-refractivity contribution in [2.45, 2.75) is 23.4 Å². The number of hydrogen-bond acceptors (Lipinski definition) is 5. The largest absolute Gasteiger partial charge is 0.478 e. The number of carboxylic acid groups (broad SMARTS) is 1. The van der Waals surface area contributed by atoms with E-state index in [1.54, 1.807) is 6.07 Å². The van der Waals surface area contributed by atoms with Crippen LogP contribution < -0.4 is 5.56 Å². The van der Waals surface area contributed by atoms with Gasteiger partial charge in [-0.25, -0.2) is 14.8 Å². The highest BCUT2D eigenvalue weighted by Crippen LogP contribution is 2.23. The summed E-state index contributed by atoms with van der Waals surface area (Å²) in [6, 6.07) is 4.44. The fourth-order valence-corrected chi connectivity index (χ4v) is 2.16. The molecule has 19 heavy (non-hydrogen) atoms. The second-order valence-corrected chi connectivity index (χ2v) is 4.72. The van der Waals surface area contributed by atoms with Gasteiger partial charge in [0.2, 0.25) is 0 Å². The Kier molecular flexibility index (Phi) is 3.96. The number of pyridine rings is 1. The van der Waals surface area contributed by atoms with E-state index in [1.807, 2.05) is 6.92 Å². The van der Waals surface area contributed by atoms with Gasteiger partial charge in [0, 0.05) is 18.7 Å². The van der Waals surface area contributed by atoms with Crippen molar-refractivity contribution < 1.29 is 9.90 Å². The Bertz CT molecular complexity index is 652. The maximum absolute atomic E-state index is 11.4. The summed E-state index contributed by atoms with van der Waals surface area (Å²) >= 11 is 1.22. The number of nitrogens with one attached hydrogen (secondary N) is 1.